The number of benzene rings is 2. The molecule has 0 radical (unpaired) electrons. The van der Waals surface area contributed by atoms with E-state index in [1.54, 1.807) is 0 Å². The van der Waals surface area contributed by atoms with E-state index in [0.717, 1.165) is 23.1 Å². The molecule has 0 atom stereocenters. The number of aromatic nitrogens is 2. The number of para-hydroxylation sites is 2. The Labute approximate surface area is 169 Å². The summed E-state index contributed by atoms with van der Waals surface area (Å²) >= 11 is 3.51. The Balaban J connectivity index is 0.00000113. The van der Waals surface area contributed by atoms with E-state index in [9.17, 15) is 0 Å². The van der Waals surface area contributed by atoms with Crippen LogP contribution in [0.15, 0.2) is 53.0 Å². The molecule has 2 aromatic carbocycles. The van der Waals surface area contributed by atoms with Crippen molar-refractivity contribution in [3.8, 4) is 0 Å². The van der Waals surface area contributed by atoms with E-state index in [4.69, 9.17) is 4.98 Å². The van der Waals surface area contributed by atoms with Crippen molar-refractivity contribution in [3.63, 3.8) is 0 Å². The molecule has 3 aromatic rings. The molecule has 1 aliphatic rings. The van der Waals surface area contributed by atoms with Crippen LogP contribution in [0.5, 0.6) is 0 Å². The molecule has 4 rings (SSSR count). The number of likely N-dealkylation sites (tertiary alicyclic amines) is 1. The Bertz CT molecular complexity index is 811. The van der Waals surface area contributed by atoms with Crippen LogP contribution in [0, 0.1) is 0 Å². The van der Waals surface area contributed by atoms with Gasteiger partial charge in [0.1, 0.15) is 5.82 Å². The minimum absolute atomic E-state index is 0. The fourth-order valence-electron chi connectivity index (χ4n) is 3.34. The van der Waals surface area contributed by atoms with Gasteiger partial charge in [-0.1, -0.05) is 40.2 Å². The van der Waals surface area contributed by atoms with Crippen molar-refractivity contribution in [2.24, 2.45) is 0 Å². The molecule has 0 unspecified atom stereocenters. The van der Waals surface area contributed by atoms with Crippen LogP contribution in [0.4, 0.5) is 0 Å². The summed E-state index contributed by atoms with van der Waals surface area (Å²) in [4.78, 5) is 7.42. The van der Waals surface area contributed by atoms with Gasteiger partial charge in [0.2, 0.25) is 0 Å². The monoisotopic (exact) mass is 441 g/mol. The van der Waals surface area contributed by atoms with Gasteiger partial charge in [-0.3, -0.25) is 4.90 Å². The minimum Gasteiger partial charge on any atom is -0.322 e. The number of hydrogen-bond donors (Lipinski definition) is 0. The molecule has 25 heavy (non-hydrogen) atoms. The standard InChI is InChI=1S/C19H20BrN3.2ClH/c20-16-9-7-15(8-10-16)13-23-18-6-2-1-5-17(18)21-19(23)14-22-11-3-4-12-22;;/h1-2,5-10H,3-4,11-14H2;2*1H. The Morgan fingerprint density at radius 3 is 2.28 bits per heavy atom. The molecular weight excluding hydrogens is 421 g/mol. The molecular formula is C19H22BrCl2N3. The number of halogens is 3. The SMILES string of the molecule is Brc1ccc(Cn2c(CN3CCCC3)nc3ccccc32)cc1.Cl.Cl. The molecule has 1 aromatic heterocycles. The van der Waals surface area contributed by atoms with Crippen molar-refractivity contribution < 1.29 is 0 Å². The number of nitrogens with zero attached hydrogens (tertiary/aromatic N) is 3. The fraction of sp³-hybridized carbons (Fsp3) is 0.316. The first kappa shape index (κ1) is 20.2. The first-order valence-corrected chi connectivity index (χ1v) is 9.00. The van der Waals surface area contributed by atoms with Gasteiger partial charge in [-0.15, -0.1) is 24.8 Å². The van der Waals surface area contributed by atoms with Crippen LogP contribution in [0.1, 0.15) is 24.2 Å². The van der Waals surface area contributed by atoms with Gasteiger partial charge in [-0.2, -0.15) is 0 Å². The van der Waals surface area contributed by atoms with E-state index in [0.29, 0.717) is 0 Å². The highest BCUT2D eigenvalue weighted by molar-refractivity contribution is 9.10. The fourth-order valence-corrected chi connectivity index (χ4v) is 3.60. The van der Waals surface area contributed by atoms with Crippen molar-refractivity contribution in [1.82, 2.24) is 14.5 Å². The lowest BCUT2D eigenvalue weighted by Gasteiger charge is -2.16. The van der Waals surface area contributed by atoms with Crippen molar-refractivity contribution in [1.29, 1.82) is 0 Å². The predicted molar refractivity (Wildman–Crippen MR) is 112 cm³/mol. The Morgan fingerprint density at radius 2 is 1.56 bits per heavy atom. The van der Waals surface area contributed by atoms with Gasteiger partial charge in [0.25, 0.3) is 0 Å². The maximum absolute atomic E-state index is 4.90. The van der Waals surface area contributed by atoms with Crippen LogP contribution in [-0.4, -0.2) is 27.5 Å². The van der Waals surface area contributed by atoms with E-state index in [2.05, 4.69) is 73.9 Å². The van der Waals surface area contributed by atoms with Crippen LogP contribution in [0.3, 0.4) is 0 Å². The van der Waals surface area contributed by atoms with Gasteiger partial charge in [0.15, 0.2) is 0 Å². The Kier molecular flexibility index (Phi) is 7.32. The maximum atomic E-state index is 4.90. The molecule has 1 saturated heterocycles. The van der Waals surface area contributed by atoms with E-state index in [1.165, 1.54) is 42.8 Å². The van der Waals surface area contributed by atoms with Gasteiger partial charge in [-0.05, 0) is 55.8 Å². The third-order valence-corrected chi connectivity index (χ3v) is 5.08. The highest BCUT2D eigenvalue weighted by Gasteiger charge is 2.17. The number of fused-ring (bicyclic) bond motifs is 1. The molecule has 0 amide bonds. The van der Waals surface area contributed by atoms with E-state index < -0.39 is 0 Å². The van der Waals surface area contributed by atoms with Gasteiger partial charge in [0, 0.05) is 11.0 Å². The number of hydrogen-bond acceptors (Lipinski definition) is 2. The molecule has 3 nitrogen and oxygen atoms in total. The van der Waals surface area contributed by atoms with Crippen molar-refractivity contribution in [2.45, 2.75) is 25.9 Å². The van der Waals surface area contributed by atoms with Gasteiger partial charge < -0.3 is 4.57 Å². The predicted octanol–water partition coefficient (Wildman–Crippen LogP) is 5.29. The van der Waals surface area contributed by atoms with Crippen LogP contribution in [0.2, 0.25) is 0 Å². The van der Waals surface area contributed by atoms with Crippen LogP contribution in [-0.2, 0) is 13.1 Å². The second kappa shape index (κ2) is 9.04. The van der Waals surface area contributed by atoms with Crippen molar-refractivity contribution in [2.75, 3.05) is 13.1 Å². The van der Waals surface area contributed by atoms with E-state index in [-0.39, 0.29) is 24.8 Å². The van der Waals surface area contributed by atoms with E-state index in [1.807, 2.05) is 0 Å². The lowest BCUT2D eigenvalue weighted by atomic mass is 10.2. The zero-order valence-electron chi connectivity index (χ0n) is 13.9. The lowest BCUT2D eigenvalue weighted by Crippen LogP contribution is -2.21. The quantitative estimate of drug-likeness (QED) is 0.547. The molecule has 1 aliphatic heterocycles. The minimum atomic E-state index is 0. The zero-order valence-corrected chi connectivity index (χ0v) is 17.1. The number of rotatable bonds is 4. The largest absolute Gasteiger partial charge is 0.322 e. The summed E-state index contributed by atoms with van der Waals surface area (Å²) in [7, 11) is 0. The summed E-state index contributed by atoms with van der Waals surface area (Å²) in [5.41, 5.74) is 3.63. The van der Waals surface area contributed by atoms with Gasteiger partial charge in [0.05, 0.1) is 17.6 Å². The highest BCUT2D eigenvalue weighted by Crippen LogP contribution is 2.21. The lowest BCUT2D eigenvalue weighted by molar-refractivity contribution is 0.318. The molecule has 0 spiro atoms. The topological polar surface area (TPSA) is 21.1 Å². The Morgan fingerprint density at radius 1 is 0.880 bits per heavy atom. The molecule has 0 bridgehead atoms. The summed E-state index contributed by atoms with van der Waals surface area (Å²) < 4.78 is 3.49. The smallest absolute Gasteiger partial charge is 0.124 e. The molecule has 2 heterocycles. The summed E-state index contributed by atoms with van der Waals surface area (Å²) in [6.07, 6.45) is 2.62. The molecule has 134 valence electrons. The highest BCUT2D eigenvalue weighted by atomic mass is 79.9. The molecule has 1 fully saturated rings. The molecule has 6 heteroatoms. The molecule has 0 aliphatic carbocycles. The normalized spacial score (nSPS) is 14.3. The van der Waals surface area contributed by atoms with Crippen molar-refractivity contribution >= 4 is 51.8 Å². The summed E-state index contributed by atoms with van der Waals surface area (Å²) in [5.74, 6) is 1.18. The molecule has 0 N–H and O–H groups in total. The summed E-state index contributed by atoms with van der Waals surface area (Å²) in [6.45, 7) is 4.21. The number of imidazole rings is 1. The average Bonchev–Trinajstić information content (AvgIpc) is 3.19. The Hall–Kier alpha value is -1.07. The van der Waals surface area contributed by atoms with E-state index >= 15 is 0 Å². The summed E-state index contributed by atoms with van der Waals surface area (Å²) in [6, 6.07) is 17.0. The first-order chi connectivity index (χ1) is 11.3. The average molecular weight is 443 g/mol. The van der Waals surface area contributed by atoms with Gasteiger partial charge >= 0.3 is 0 Å². The van der Waals surface area contributed by atoms with Crippen LogP contribution < -0.4 is 0 Å². The zero-order chi connectivity index (χ0) is 15.6. The maximum Gasteiger partial charge on any atom is 0.124 e. The third kappa shape index (κ3) is 4.56. The van der Waals surface area contributed by atoms with Gasteiger partial charge in [-0.25, -0.2) is 4.98 Å². The first-order valence-electron chi connectivity index (χ1n) is 8.20. The summed E-state index contributed by atoms with van der Waals surface area (Å²) in [5, 5.41) is 0. The van der Waals surface area contributed by atoms with Crippen LogP contribution >= 0.6 is 40.7 Å². The second-order valence-electron chi connectivity index (χ2n) is 6.21. The van der Waals surface area contributed by atoms with Crippen LogP contribution in [0.25, 0.3) is 11.0 Å². The molecule has 0 saturated carbocycles. The second-order valence-corrected chi connectivity index (χ2v) is 7.13. The van der Waals surface area contributed by atoms with Crippen molar-refractivity contribution in [3.05, 3.63) is 64.4 Å². The third-order valence-electron chi connectivity index (χ3n) is 4.55.